The van der Waals surface area contributed by atoms with Crippen LogP contribution < -0.4 is 9.62 Å². The minimum Gasteiger partial charge on any atom is -0.325 e. The maximum atomic E-state index is 13.4. The molecule has 0 aromatic heterocycles. The highest BCUT2D eigenvalue weighted by Crippen LogP contribution is 2.29. The van der Waals surface area contributed by atoms with Gasteiger partial charge in [-0.15, -0.1) is 0 Å². The minimum absolute atomic E-state index is 0.218. The molecule has 0 heterocycles. The topological polar surface area (TPSA) is 110 Å². The van der Waals surface area contributed by atoms with Gasteiger partial charge in [0, 0.05) is 11.8 Å². The Labute approximate surface area is 180 Å². The molecule has 0 bridgehead atoms. The van der Waals surface area contributed by atoms with E-state index in [4.69, 9.17) is 0 Å². The lowest BCUT2D eigenvalue weighted by Gasteiger charge is -2.24. The zero-order valence-corrected chi connectivity index (χ0v) is 17.8. The summed E-state index contributed by atoms with van der Waals surface area (Å²) in [6.07, 6.45) is 0. The Morgan fingerprint density at radius 2 is 1.61 bits per heavy atom. The van der Waals surface area contributed by atoms with E-state index in [0.29, 0.717) is 5.69 Å². The summed E-state index contributed by atoms with van der Waals surface area (Å²) >= 11 is 0. The third kappa shape index (κ3) is 4.89. The third-order valence-electron chi connectivity index (χ3n) is 4.75. The second-order valence-electron chi connectivity index (χ2n) is 6.92. The van der Waals surface area contributed by atoms with Gasteiger partial charge >= 0.3 is 0 Å². The summed E-state index contributed by atoms with van der Waals surface area (Å²) in [7, 11) is -4.40. The number of para-hydroxylation sites is 2. The van der Waals surface area contributed by atoms with Gasteiger partial charge in [0.05, 0.1) is 10.6 Å². The number of benzene rings is 3. The van der Waals surface area contributed by atoms with E-state index in [-0.39, 0.29) is 5.69 Å². The number of carbonyl (C=O) groups is 1. The first-order chi connectivity index (χ1) is 14.7. The summed E-state index contributed by atoms with van der Waals surface area (Å²) in [6, 6.07) is 18.4. The molecule has 0 spiro atoms. The Morgan fingerprint density at radius 1 is 0.968 bits per heavy atom. The number of nitro groups is 1. The number of carbonyl (C=O) groups excluding carboxylic acids is 1. The number of hydrogen-bond acceptors (Lipinski definition) is 5. The number of aryl methyl sites for hydroxylation is 2. The summed E-state index contributed by atoms with van der Waals surface area (Å²) in [5.74, 6) is -0.575. The van der Waals surface area contributed by atoms with E-state index in [1.807, 2.05) is 19.9 Å². The number of hydrogen-bond donors (Lipinski definition) is 1. The van der Waals surface area contributed by atoms with Gasteiger partial charge in [0.15, 0.2) is 4.90 Å². The van der Waals surface area contributed by atoms with Crippen LogP contribution in [0.25, 0.3) is 0 Å². The van der Waals surface area contributed by atoms with Gasteiger partial charge in [-0.3, -0.25) is 19.2 Å². The molecule has 8 nitrogen and oxygen atoms in total. The number of nitrogens with zero attached hydrogens (tertiary/aromatic N) is 2. The predicted octanol–water partition coefficient (Wildman–Crippen LogP) is 4.05. The highest BCUT2D eigenvalue weighted by atomic mass is 32.2. The van der Waals surface area contributed by atoms with Crippen molar-refractivity contribution in [1.82, 2.24) is 0 Å². The van der Waals surface area contributed by atoms with Crippen LogP contribution in [-0.4, -0.2) is 25.8 Å². The van der Waals surface area contributed by atoms with Gasteiger partial charge in [-0.2, -0.15) is 0 Å². The molecule has 1 N–H and O–H groups in total. The number of sulfonamides is 1. The molecule has 3 rings (SSSR count). The summed E-state index contributed by atoms with van der Waals surface area (Å²) in [5.41, 5.74) is 2.23. The Bertz CT molecular complexity index is 1230. The number of anilines is 2. The molecule has 9 heteroatoms. The normalized spacial score (nSPS) is 11.0. The second kappa shape index (κ2) is 8.97. The molecule has 0 atom stereocenters. The van der Waals surface area contributed by atoms with Gasteiger partial charge in [0.25, 0.3) is 15.7 Å². The van der Waals surface area contributed by atoms with Crippen LogP contribution in [0.4, 0.5) is 17.1 Å². The first-order valence-electron chi connectivity index (χ1n) is 9.38. The zero-order valence-electron chi connectivity index (χ0n) is 17.0. The Hall–Kier alpha value is -3.72. The highest BCUT2D eigenvalue weighted by Gasteiger charge is 2.33. The zero-order chi connectivity index (χ0) is 22.6. The SMILES string of the molecule is Cc1ccc(NC(=O)CN(c2ccccc2)S(=O)(=O)c2ccccc2[N+](=O)[O-])cc1C. The molecule has 3 aromatic carbocycles. The molecule has 0 aliphatic rings. The van der Waals surface area contributed by atoms with Crippen LogP contribution in [0, 0.1) is 24.0 Å². The number of rotatable bonds is 7. The quantitative estimate of drug-likeness (QED) is 0.441. The van der Waals surface area contributed by atoms with Crippen LogP contribution in [0.1, 0.15) is 11.1 Å². The van der Waals surface area contributed by atoms with Crippen molar-refractivity contribution >= 4 is 33.0 Å². The molecule has 0 radical (unpaired) electrons. The van der Waals surface area contributed by atoms with Crippen LogP contribution in [0.2, 0.25) is 0 Å². The van der Waals surface area contributed by atoms with Crippen molar-refractivity contribution < 1.29 is 18.1 Å². The number of nitrogens with one attached hydrogen (secondary N) is 1. The lowest BCUT2D eigenvalue weighted by Crippen LogP contribution is -2.38. The Morgan fingerprint density at radius 3 is 2.26 bits per heavy atom. The standard InChI is InChI=1S/C22H21N3O5S/c1-16-12-13-18(14-17(16)2)23-22(26)15-24(19-8-4-3-5-9-19)31(29,30)21-11-7-6-10-20(21)25(27)28/h3-14H,15H2,1-2H3,(H,23,26). The van der Waals surface area contributed by atoms with Crippen molar-refractivity contribution in [3.05, 3.63) is 94.0 Å². The highest BCUT2D eigenvalue weighted by molar-refractivity contribution is 7.93. The molecule has 0 saturated carbocycles. The first-order valence-corrected chi connectivity index (χ1v) is 10.8. The van der Waals surface area contributed by atoms with Crippen molar-refractivity contribution in [1.29, 1.82) is 0 Å². The Balaban J connectivity index is 1.98. The van der Waals surface area contributed by atoms with E-state index < -0.39 is 38.0 Å². The summed E-state index contributed by atoms with van der Waals surface area (Å²) in [6.45, 7) is 3.29. The first kappa shape index (κ1) is 22.0. The molecule has 0 aliphatic carbocycles. The lowest BCUT2D eigenvalue weighted by molar-refractivity contribution is -0.387. The van der Waals surface area contributed by atoms with E-state index in [0.717, 1.165) is 27.6 Å². The van der Waals surface area contributed by atoms with Gasteiger partial charge in [-0.25, -0.2) is 8.42 Å². The molecule has 0 unspecified atom stereocenters. The molecular weight excluding hydrogens is 418 g/mol. The summed E-state index contributed by atoms with van der Waals surface area (Å²) in [4.78, 5) is 22.9. The Kier molecular flexibility index (Phi) is 6.36. The van der Waals surface area contributed by atoms with E-state index in [2.05, 4.69) is 5.32 Å². The fourth-order valence-corrected chi connectivity index (χ4v) is 4.59. The predicted molar refractivity (Wildman–Crippen MR) is 119 cm³/mol. The van der Waals surface area contributed by atoms with Crippen LogP contribution in [0.5, 0.6) is 0 Å². The molecule has 0 saturated heterocycles. The fraction of sp³-hybridized carbons (Fsp3) is 0.136. The second-order valence-corrected chi connectivity index (χ2v) is 8.75. The lowest BCUT2D eigenvalue weighted by atomic mass is 10.1. The number of nitro benzene ring substituents is 1. The summed E-state index contributed by atoms with van der Waals surface area (Å²) in [5, 5.41) is 14.1. The fourth-order valence-electron chi connectivity index (χ4n) is 3.00. The maximum absolute atomic E-state index is 13.4. The van der Waals surface area contributed by atoms with E-state index >= 15 is 0 Å². The van der Waals surface area contributed by atoms with Crippen molar-refractivity contribution in [2.75, 3.05) is 16.2 Å². The molecular formula is C22H21N3O5S. The van der Waals surface area contributed by atoms with Gasteiger partial charge in [0.1, 0.15) is 6.54 Å². The van der Waals surface area contributed by atoms with Crippen LogP contribution in [-0.2, 0) is 14.8 Å². The average Bonchev–Trinajstić information content (AvgIpc) is 2.75. The molecule has 1 amide bonds. The minimum atomic E-state index is -4.40. The van der Waals surface area contributed by atoms with Crippen LogP contribution in [0.15, 0.2) is 77.7 Å². The average molecular weight is 439 g/mol. The van der Waals surface area contributed by atoms with Crippen molar-refractivity contribution in [3.8, 4) is 0 Å². The molecule has 160 valence electrons. The van der Waals surface area contributed by atoms with E-state index in [1.54, 1.807) is 30.3 Å². The van der Waals surface area contributed by atoms with Crippen molar-refractivity contribution in [2.24, 2.45) is 0 Å². The molecule has 3 aromatic rings. The summed E-state index contributed by atoms with van der Waals surface area (Å²) < 4.78 is 27.6. The molecule has 0 fully saturated rings. The van der Waals surface area contributed by atoms with E-state index in [1.165, 1.54) is 24.3 Å². The van der Waals surface area contributed by atoms with Crippen LogP contribution >= 0.6 is 0 Å². The molecule has 0 aliphatic heterocycles. The van der Waals surface area contributed by atoms with Crippen LogP contribution in [0.3, 0.4) is 0 Å². The van der Waals surface area contributed by atoms with E-state index in [9.17, 15) is 23.3 Å². The maximum Gasteiger partial charge on any atom is 0.289 e. The van der Waals surface area contributed by atoms with Gasteiger partial charge in [0.2, 0.25) is 5.91 Å². The largest absolute Gasteiger partial charge is 0.325 e. The molecule has 31 heavy (non-hydrogen) atoms. The number of amides is 1. The van der Waals surface area contributed by atoms with Gasteiger partial charge < -0.3 is 5.32 Å². The van der Waals surface area contributed by atoms with Crippen molar-refractivity contribution in [3.63, 3.8) is 0 Å². The monoisotopic (exact) mass is 439 g/mol. The smallest absolute Gasteiger partial charge is 0.289 e. The van der Waals surface area contributed by atoms with Crippen molar-refractivity contribution in [2.45, 2.75) is 18.7 Å². The van der Waals surface area contributed by atoms with Gasteiger partial charge in [-0.05, 0) is 55.3 Å². The third-order valence-corrected chi connectivity index (χ3v) is 6.57. The van der Waals surface area contributed by atoms with Gasteiger partial charge in [-0.1, -0.05) is 36.4 Å².